The third-order valence-electron chi connectivity index (χ3n) is 3.72. The van der Waals surface area contributed by atoms with Gasteiger partial charge in [-0.25, -0.2) is 9.78 Å². The Morgan fingerprint density at radius 1 is 1.45 bits per heavy atom. The van der Waals surface area contributed by atoms with Crippen molar-refractivity contribution in [3.8, 4) is 0 Å². The maximum Gasteiger partial charge on any atom is 0.315 e. The lowest BCUT2D eigenvalue weighted by molar-refractivity contribution is 0.216. The van der Waals surface area contributed by atoms with Gasteiger partial charge < -0.3 is 10.6 Å². The van der Waals surface area contributed by atoms with Crippen LogP contribution >= 0.6 is 11.3 Å². The van der Waals surface area contributed by atoms with Crippen LogP contribution in [0.3, 0.4) is 0 Å². The van der Waals surface area contributed by atoms with E-state index < -0.39 is 0 Å². The molecule has 0 unspecified atom stereocenters. The Bertz CT molecular complexity index is 429. The van der Waals surface area contributed by atoms with Gasteiger partial charge in [-0.15, -0.1) is 11.3 Å². The van der Waals surface area contributed by atoms with Crippen molar-refractivity contribution >= 4 is 17.4 Å². The predicted octanol–water partition coefficient (Wildman–Crippen LogP) is 2.13. The lowest BCUT2D eigenvalue weighted by Gasteiger charge is -2.26. The van der Waals surface area contributed by atoms with Crippen LogP contribution in [0.5, 0.6) is 0 Å². The molecule has 0 aromatic carbocycles. The van der Waals surface area contributed by atoms with Gasteiger partial charge in [0.25, 0.3) is 0 Å². The third kappa shape index (κ3) is 4.45. The highest BCUT2D eigenvalue weighted by molar-refractivity contribution is 7.09. The summed E-state index contributed by atoms with van der Waals surface area (Å²) >= 11 is 1.61. The number of aryl methyl sites for hydroxylation is 1. The third-order valence-corrected chi connectivity index (χ3v) is 4.55. The lowest BCUT2D eigenvalue weighted by atomic mass is 10.2. The fraction of sp³-hybridized carbons (Fsp3) is 0.714. The van der Waals surface area contributed by atoms with Crippen molar-refractivity contribution in [2.45, 2.75) is 45.7 Å². The molecule has 2 heterocycles. The molecule has 1 saturated heterocycles. The molecular weight excluding hydrogens is 272 g/mol. The molecule has 2 rings (SSSR count). The first kappa shape index (κ1) is 15.3. The average molecular weight is 296 g/mol. The van der Waals surface area contributed by atoms with E-state index in [1.807, 2.05) is 12.3 Å². The zero-order valence-electron chi connectivity index (χ0n) is 12.3. The number of aromatic nitrogens is 1. The molecule has 1 fully saturated rings. The molecule has 0 radical (unpaired) electrons. The Hall–Kier alpha value is -1.14. The Kier molecular flexibility index (Phi) is 5.79. The smallest absolute Gasteiger partial charge is 0.315 e. The van der Waals surface area contributed by atoms with E-state index in [9.17, 15) is 4.79 Å². The standard InChI is InChI=1S/C14H24N4OS/c1-3-13(18-6-4-5-7-18)9-16-14(19)15-8-12-10-20-11(2)17-12/h10,13H,3-9H2,1-2H3,(H2,15,16,19)/t13-/m1/s1. The summed E-state index contributed by atoms with van der Waals surface area (Å²) < 4.78 is 0. The largest absolute Gasteiger partial charge is 0.337 e. The number of amides is 2. The van der Waals surface area contributed by atoms with Crippen LogP contribution in [0.15, 0.2) is 5.38 Å². The minimum atomic E-state index is -0.103. The molecule has 112 valence electrons. The van der Waals surface area contributed by atoms with E-state index in [0.717, 1.165) is 23.7 Å². The van der Waals surface area contributed by atoms with Crippen molar-refractivity contribution in [2.75, 3.05) is 19.6 Å². The van der Waals surface area contributed by atoms with E-state index in [4.69, 9.17) is 0 Å². The van der Waals surface area contributed by atoms with E-state index in [2.05, 4.69) is 27.4 Å². The van der Waals surface area contributed by atoms with Crippen molar-refractivity contribution in [3.63, 3.8) is 0 Å². The Labute approximate surface area is 124 Å². The Morgan fingerprint density at radius 2 is 2.20 bits per heavy atom. The summed E-state index contributed by atoms with van der Waals surface area (Å²) in [6.07, 6.45) is 3.64. The van der Waals surface area contributed by atoms with Gasteiger partial charge in [0.05, 0.1) is 17.2 Å². The topological polar surface area (TPSA) is 57.3 Å². The second kappa shape index (κ2) is 7.59. The van der Waals surface area contributed by atoms with E-state index in [-0.39, 0.29) is 6.03 Å². The molecule has 5 nitrogen and oxygen atoms in total. The van der Waals surface area contributed by atoms with Gasteiger partial charge >= 0.3 is 6.03 Å². The highest BCUT2D eigenvalue weighted by Crippen LogP contribution is 2.13. The number of thiazole rings is 1. The summed E-state index contributed by atoms with van der Waals surface area (Å²) in [7, 11) is 0. The highest BCUT2D eigenvalue weighted by atomic mass is 32.1. The maximum atomic E-state index is 11.8. The molecule has 1 aromatic rings. The number of likely N-dealkylation sites (tertiary alicyclic amines) is 1. The summed E-state index contributed by atoms with van der Waals surface area (Å²) in [5.41, 5.74) is 0.925. The molecule has 6 heteroatoms. The Morgan fingerprint density at radius 3 is 2.80 bits per heavy atom. The molecule has 0 bridgehead atoms. The summed E-state index contributed by atoms with van der Waals surface area (Å²) in [4.78, 5) is 18.6. The van der Waals surface area contributed by atoms with Crippen LogP contribution in [0.4, 0.5) is 4.79 Å². The van der Waals surface area contributed by atoms with Crippen LogP contribution in [0.2, 0.25) is 0 Å². The SMILES string of the molecule is CC[C@H](CNC(=O)NCc1csc(C)n1)N1CCCC1. The number of urea groups is 1. The normalized spacial score (nSPS) is 17.1. The first-order chi connectivity index (χ1) is 9.69. The highest BCUT2D eigenvalue weighted by Gasteiger charge is 2.20. The summed E-state index contributed by atoms with van der Waals surface area (Å²) in [6.45, 7) is 7.70. The maximum absolute atomic E-state index is 11.8. The number of nitrogens with one attached hydrogen (secondary N) is 2. The van der Waals surface area contributed by atoms with Crippen molar-refractivity contribution in [2.24, 2.45) is 0 Å². The molecular formula is C14H24N4OS. The van der Waals surface area contributed by atoms with Crippen LogP contribution in [0.25, 0.3) is 0 Å². The van der Waals surface area contributed by atoms with E-state index in [0.29, 0.717) is 12.6 Å². The van der Waals surface area contributed by atoms with E-state index >= 15 is 0 Å². The van der Waals surface area contributed by atoms with Gasteiger partial charge in [0.15, 0.2) is 0 Å². The molecule has 1 aliphatic rings. The number of rotatable bonds is 6. The molecule has 2 N–H and O–H groups in total. The fourth-order valence-corrected chi connectivity index (χ4v) is 3.18. The van der Waals surface area contributed by atoms with E-state index in [1.54, 1.807) is 11.3 Å². The van der Waals surface area contributed by atoms with E-state index in [1.165, 1.54) is 25.9 Å². The van der Waals surface area contributed by atoms with Crippen LogP contribution in [-0.4, -0.2) is 41.6 Å². The number of nitrogens with zero attached hydrogens (tertiary/aromatic N) is 2. The second-order valence-electron chi connectivity index (χ2n) is 5.23. The average Bonchev–Trinajstić information content (AvgIpc) is 3.09. The second-order valence-corrected chi connectivity index (χ2v) is 6.29. The van der Waals surface area contributed by atoms with Crippen LogP contribution < -0.4 is 10.6 Å². The van der Waals surface area contributed by atoms with Gasteiger partial charge in [-0.3, -0.25) is 4.90 Å². The predicted molar refractivity (Wildman–Crippen MR) is 82.0 cm³/mol. The summed E-state index contributed by atoms with van der Waals surface area (Å²) in [6, 6.07) is 0.359. The molecule has 1 atom stereocenters. The Balaban J connectivity index is 1.68. The fourth-order valence-electron chi connectivity index (χ4n) is 2.57. The van der Waals surface area contributed by atoms with Crippen LogP contribution in [0.1, 0.15) is 36.9 Å². The van der Waals surface area contributed by atoms with Crippen molar-refractivity contribution in [3.05, 3.63) is 16.1 Å². The number of hydrogen-bond donors (Lipinski definition) is 2. The van der Waals surface area contributed by atoms with Crippen LogP contribution in [-0.2, 0) is 6.54 Å². The number of carbonyl (C=O) groups excluding carboxylic acids is 1. The van der Waals surface area contributed by atoms with Gasteiger partial charge in [-0.1, -0.05) is 6.92 Å². The van der Waals surface area contributed by atoms with Crippen molar-refractivity contribution in [1.82, 2.24) is 20.5 Å². The lowest BCUT2D eigenvalue weighted by Crippen LogP contribution is -2.45. The minimum Gasteiger partial charge on any atom is -0.337 e. The molecule has 2 amide bonds. The number of hydrogen-bond acceptors (Lipinski definition) is 4. The molecule has 0 saturated carbocycles. The van der Waals surface area contributed by atoms with Crippen molar-refractivity contribution in [1.29, 1.82) is 0 Å². The summed E-state index contributed by atoms with van der Waals surface area (Å²) in [5.74, 6) is 0. The molecule has 1 aromatic heterocycles. The molecule has 20 heavy (non-hydrogen) atoms. The zero-order valence-corrected chi connectivity index (χ0v) is 13.1. The minimum absolute atomic E-state index is 0.103. The van der Waals surface area contributed by atoms with Gasteiger partial charge in [0.1, 0.15) is 0 Å². The van der Waals surface area contributed by atoms with Gasteiger partial charge in [0.2, 0.25) is 0 Å². The van der Waals surface area contributed by atoms with Crippen molar-refractivity contribution < 1.29 is 4.79 Å². The molecule has 0 spiro atoms. The monoisotopic (exact) mass is 296 g/mol. The van der Waals surface area contributed by atoms with Crippen LogP contribution in [0, 0.1) is 6.92 Å². The quantitative estimate of drug-likeness (QED) is 0.845. The van der Waals surface area contributed by atoms with Gasteiger partial charge in [0, 0.05) is 18.0 Å². The van der Waals surface area contributed by atoms with Gasteiger partial charge in [-0.2, -0.15) is 0 Å². The molecule has 0 aliphatic carbocycles. The van der Waals surface area contributed by atoms with Gasteiger partial charge in [-0.05, 0) is 39.3 Å². The molecule has 1 aliphatic heterocycles. The first-order valence-electron chi connectivity index (χ1n) is 7.35. The summed E-state index contributed by atoms with van der Waals surface area (Å²) in [5, 5.41) is 8.84. The zero-order chi connectivity index (χ0) is 14.4. The first-order valence-corrected chi connectivity index (χ1v) is 8.23. The number of carbonyl (C=O) groups is 1.